The van der Waals surface area contributed by atoms with Gasteiger partial charge in [0.2, 0.25) is 0 Å². The third-order valence-electron chi connectivity index (χ3n) is 3.71. The molecule has 1 aromatic carbocycles. The van der Waals surface area contributed by atoms with E-state index in [9.17, 15) is 4.79 Å². The highest BCUT2D eigenvalue weighted by atomic mass is 16.1. The molecule has 0 atom stereocenters. The highest BCUT2D eigenvalue weighted by Gasteiger charge is 2.16. The average Bonchev–Trinajstić information content (AvgIpc) is 2.59. The highest BCUT2D eigenvalue weighted by Crippen LogP contribution is 2.29. The first kappa shape index (κ1) is 13.9. The predicted octanol–water partition coefficient (Wildman–Crippen LogP) is 4.30. The quantitative estimate of drug-likeness (QED) is 0.874. The van der Waals surface area contributed by atoms with Gasteiger partial charge in [-0.2, -0.15) is 0 Å². The van der Waals surface area contributed by atoms with E-state index in [4.69, 9.17) is 0 Å². The lowest BCUT2D eigenvalue weighted by atomic mass is 9.86. The van der Waals surface area contributed by atoms with Crippen molar-refractivity contribution < 1.29 is 4.79 Å². The predicted molar refractivity (Wildman–Crippen MR) is 80.7 cm³/mol. The molecule has 0 bridgehead atoms. The summed E-state index contributed by atoms with van der Waals surface area (Å²) in [6.45, 7) is 10.4. The molecule has 102 valence electrons. The molecular weight excluding hydrogens is 234 g/mol. The number of hydrogen-bond acceptors (Lipinski definition) is 1. The van der Waals surface area contributed by atoms with Crippen LogP contribution in [-0.4, -0.2) is 10.8 Å². The Balaban J connectivity index is 2.50. The number of hydrogen-bond donors (Lipinski definition) is 1. The first-order valence-corrected chi connectivity index (χ1v) is 6.90. The second-order valence-electron chi connectivity index (χ2n) is 6.44. The summed E-state index contributed by atoms with van der Waals surface area (Å²) in [4.78, 5) is 14.6. The molecule has 0 amide bonds. The average molecular weight is 257 g/mol. The number of nitrogens with one attached hydrogen (secondary N) is 1. The van der Waals surface area contributed by atoms with Crippen LogP contribution < -0.4 is 0 Å². The van der Waals surface area contributed by atoms with E-state index in [1.54, 1.807) is 6.92 Å². The molecule has 19 heavy (non-hydrogen) atoms. The zero-order valence-electron chi connectivity index (χ0n) is 12.6. The van der Waals surface area contributed by atoms with Crippen LogP contribution in [0.5, 0.6) is 0 Å². The van der Waals surface area contributed by atoms with Crippen molar-refractivity contribution in [3.05, 3.63) is 35.0 Å². The Morgan fingerprint density at radius 1 is 1.26 bits per heavy atom. The van der Waals surface area contributed by atoms with Crippen LogP contribution in [0.25, 0.3) is 10.9 Å². The largest absolute Gasteiger partial charge is 0.358 e. The van der Waals surface area contributed by atoms with E-state index in [2.05, 4.69) is 50.9 Å². The number of rotatable bonds is 3. The van der Waals surface area contributed by atoms with Gasteiger partial charge in [0, 0.05) is 23.0 Å². The Bertz CT molecular complexity index is 614. The van der Waals surface area contributed by atoms with Crippen LogP contribution in [0.4, 0.5) is 0 Å². The first-order chi connectivity index (χ1) is 8.79. The number of H-pyrrole nitrogens is 1. The molecular formula is C17H23NO. The van der Waals surface area contributed by atoms with Crippen molar-refractivity contribution in [1.82, 2.24) is 4.98 Å². The summed E-state index contributed by atoms with van der Waals surface area (Å²) in [7, 11) is 0. The van der Waals surface area contributed by atoms with Gasteiger partial charge in [0.15, 0.2) is 0 Å². The second kappa shape index (κ2) is 4.84. The molecule has 0 unspecified atom stereocenters. The molecule has 0 spiro atoms. The van der Waals surface area contributed by atoms with E-state index in [1.807, 2.05) is 0 Å². The van der Waals surface area contributed by atoms with Crippen LogP contribution in [0, 0.1) is 6.92 Å². The number of benzene rings is 1. The standard InChI is InChI=1S/C17H23NO/c1-11(19)6-8-14-12(2)18-16-9-7-13(10-15(14)16)17(3,4)5/h7,9-10,18H,6,8H2,1-5H3. The number of carbonyl (C=O) groups is 1. The lowest BCUT2D eigenvalue weighted by Gasteiger charge is -2.19. The summed E-state index contributed by atoms with van der Waals surface area (Å²) < 4.78 is 0. The summed E-state index contributed by atoms with van der Waals surface area (Å²) in [5, 5.41) is 1.27. The van der Waals surface area contributed by atoms with Gasteiger partial charge in [0.25, 0.3) is 0 Å². The lowest BCUT2D eigenvalue weighted by molar-refractivity contribution is -0.116. The van der Waals surface area contributed by atoms with Gasteiger partial charge in [-0.1, -0.05) is 26.8 Å². The van der Waals surface area contributed by atoms with Crippen molar-refractivity contribution in [2.45, 2.75) is 52.9 Å². The molecule has 0 saturated heterocycles. The summed E-state index contributed by atoms with van der Waals surface area (Å²) >= 11 is 0. The van der Waals surface area contributed by atoms with E-state index < -0.39 is 0 Å². The van der Waals surface area contributed by atoms with Crippen molar-refractivity contribution in [1.29, 1.82) is 0 Å². The van der Waals surface area contributed by atoms with Gasteiger partial charge in [-0.05, 0) is 48.9 Å². The fourth-order valence-corrected chi connectivity index (χ4v) is 2.47. The molecule has 2 aromatic rings. The molecule has 0 aliphatic heterocycles. The number of aryl methyl sites for hydroxylation is 2. The maximum absolute atomic E-state index is 11.2. The molecule has 0 radical (unpaired) electrons. The van der Waals surface area contributed by atoms with E-state index in [0.717, 1.165) is 6.42 Å². The Labute approximate surface area is 115 Å². The van der Waals surface area contributed by atoms with E-state index >= 15 is 0 Å². The van der Waals surface area contributed by atoms with Gasteiger partial charge in [-0.3, -0.25) is 0 Å². The monoisotopic (exact) mass is 257 g/mol. The first-order valence-electron chi connectivity index (χ1n) is 6.90. The van der Waals surface area contributed by atoms with Gasteiger partial charge >= 0.3 is 0 Å². The van der Waals surface area contributed by atoms with Gasteiger partial charge in [-0.25, -0.2) is 0 Å². The van der Waals surface area contributed by atoms with Crippen LogP contribution >= 0.6 is 0 Å². The Morgan fingerprint density at radius 3 is 2.53 bits per heavy atom. The van der Waals surface area contributed by atoms with Gasteiger partial charge in [0.1, 0.15) is 5.78 Å². The molecule has 0 aliphatic carbocycles. The number of Topliss-reactive ketones (excluding diaryl/α,β-unsaturated/α-hetero) is 1. The number of ketones is 1. The lowest BCUT2D eigenvalue weighted by Crippen LogP contribution is -2.10. The smallest absolute Gasteiger partial charge is 0.130 e. The third kappa shape index (κ3) is 2.89. The summed E-state index contributed by atoms with van der Waals surface area (Å²) in [5.41, 5.74) is 5.13. The van der Waals surface area contributed by atoms with E-state index in [0.29, 0.717) is 6.42 Å². The van der Waals surface area contributed by atoms with Crippen molar-refractivity contribution in [2.24, 2.45) is 0 Å². The topological polar surface area (TPSA) is 32.9 Å². The molecule has 2 rings (SSSR count). The van der Waals surface area contributed by atoms with Gasteiger partial charge in [-0.15, -0.1) is 0 Å². The van der Waals surface area contributed by atoms with Crippen LogP contribution in [-0.2, 0) is 16.6 Å². The van der Waals surface area contributed by atoms with E-state index in [1.165, 1.54) is 27.7 Å². The van der Waals surface area contributed by atoms with Gasteiger partial charge in [0.05, 0.1) is 0 Å². The molecule has 2 nitrogen and oxygen atoms in total. The van der Waals surface area contributed by atoms with Crippen LogP contribution in [0.1, 0.15) is 50.9 Å². The number of aromatic nitrogens is 1. The fourth-order valence-electron chi connectivity index (χ4n) is 2.47. The summed E-state index contributed by atoms with van der Waals surface area (Å²) in [5.74, 6) is 0.251. The maximum Gasteiger partial charge on any atom is 0.130 e. The number of fused-ring (bicyclic) bond motifs is 1. The molecule has 1 heterocycles. The van der Waals surface area contributed by atoms with Crippen molar-refractivity contribution in [3.63, 3.8) is 0 Å². The summed E-state index contributed by atoms with van der Waals surface area (Å²) in [6.07, 6.45) is 1.45. The van der Waals surface area contributed by atoms with Crippen LogP contribution in [0.15, 0.2) is 18.2 Å². The second-order valence-corrected chi connectivity index (χ2v) is 6.44. The number of carbonyl (C=O) groups excluding carboxylic acids is 1. The maximum atomic E-state index is 11.2. The normalized spacial score (nSPS) is 12.1. The zero-order valence-corrected chi connectivity index (χ0v) is 12.6. The fraction of sp³-hybridized carbons (Fsp3) is 0.471. The molecule has 1 N–H and O–H groups in total. The SMILES string of the molecule is CC(=O)CCc1c(C)[nH]c2ccc(C(C)(C)C)cc12. The van der Waals surface area contributed by atoms with Crippen LogP contribution in [0.2, 0.25) is 0 Å². The summed E-state index contributed by atoms with van der Waals surface area (Å²) in [6, 6.07) is 6.61. The molecule has 0 fully saturated rings. The Kier molecular flexibility index (Phi) is 3.53. The number of aromatic amines is 1. The van der Waals surface area contributed by atoms with E-state index in [-0.39, 0.29) is 11.2 Å². The van der Waals surface area contributed by atoms with Crippen LogP contribution in [0.3, 0.4) is 0 Å². The van der Waals surface area contributed by atoms with Crippen molar-refractivity contribution in [2.75, 3.05) is 0 Å². The minimum Gasteiger partial charge on any atom is -0.358 e. The highest BCUT2D eigenvalue weighted by molar-refractivity contribution is 5.86. The third-order valence-corrected chi connectivity index (χ3v) is 3.71. The van der Waals surface area contributed by atoms with Crippen molar-refractivity contribution in [3.8, 4) is 0 Å². The molecule has 0 saturated carbocycles. The Morgan fingerprint density at radius 2 is 1.95 bits per heavy atom. The molecule has 2 heteroatoms. The van der Waals surface area contributed by atoms with Crippen molar-refractivity contribution >= 4 is 16.7 Å². The minimum atomic E-state index is 0.150. The minimum absolute atomic E-state index is 0.150. The zero-order chi connectivity index (χ0) is 14.2. The Hall–Kier alpha value is -1.57. The molecule has 0 aliphatic rings. The molecule has 1 aromatic heterocycles. The van der Waals surface area contributed by atoms with Gasteiger partial charge < -0.3 is 9.78 Å².